The van der Waals surface area contributed by atoms with Crippen molar-refractivity contribution in [3.63, 3.8) is 0 Å². The molecule has 0 aliphatic carbocycles. The molecule has 0 aromatic carbocycles. The zero-order valence-electron chi connectivity index (χ0n) is 8.30. The van der Waals surface area contributed by atoms with Gasteiger partial charge in [0.2, 0.25) is 0 Å². The fourth-order valence-electron chi connectivity index (χ4n) is 1.58. The molecule has 0 atom stereocenters. The number of halogens is 2. The van der Waals surface area contributed by atoms with E-state index in [1.165, 1.54) is 4.88 Å². The lowest BCUT2D eigenvalue weighted by Crippen LogP contribution is -2.27. The van der Waals surface area contributed by atoms with Crippen LogP contribution in [-0.4, -0.2) is 16.7 Å². The molecule has 1 aromatic heterocycles. The average molecular weight is 252 g/mol. The molecule has 4 heteroatoms. The molecule has 0 radical (unpaired) electrons. The van der Waals surface area contributed by atoms with Crippen molar-refractivity contribution < 1.29 is 0 Å². The Morgan fingerprint density at radius 3 is 2.57 bits per heavy atom. The molecule has 0 spiro atoms. The van der Waals surface area contributed by atoms with E-state index in [0.29, 0.717) is 11.8 Å². The Morgan fingerprint density at radius 2 is 2.14 bits per heavy atom. The molecule has 1 heterocycles. The highest BCUT2D eigenvalue weighted by molar-refractivity contribution is 7.09. The van der Waals surface area contributed by atoms with Crippen LogP contribution in [0.3, 0.4) is 0 Å². The maximum Gasteiger partial charge on any atom is 0.0794 e. The van der Waals surface area contributed by atoms with Gasteiger partial charge < -0.3 is 0 Å². The number of hydrogen-bond acceptors (Lipinski definition) is 2. The van der Waals surface area contributed by atoms with E-state index in [-0.39, 0.29) is 5.41 Å². The average Bonchev–Trinajstić information content (AvgIpc) is 2.69. The number of thiazole rings is 1. The second-order valence-electron chi connectivity index (χ2n) is 3.66. The van der Waals surface area contributed by atoms with Gasteiger partial charge in [-0.2, -0.15) is 0 Å². The molecule has 0 unspecified atom stereocenters. The van der Waals surface area contributed by atoms with Crippen molar-refractivity contribution in [3.8, 4) is 0 Å². The monoisotopic (exact) mass is 251 g/mol. The van der Waals surface area contributed by atoms with Crippen LogP contribution in [-0.2, 0) is 6.42 Å². The van der Waals surface area contributed by atoms with Crippen molar-refractivity contribution in [1.29, 1.82) is 0 Å². The fourth-order valence-corrected chi connectivity index (χ4v) is 3.09. The SMILES string of the molecule is CCCC(CCl)(CCl)Cc1cncs1. The summed E-state index contributed by atoms with van der Waals surface area (Å²) >= 11 is 13.7. The minimum Gasteiger partial charge on any atom is -0.253 e. The van der Waals surface area contributed by atoms with E-state index in [1.54, 1.807) is 11.3 Å². The Labute approximate surface area is 99.5 Å². The molecule has 0 saturated carbocycles. The van der Waals surface area contributed by atoms with Gasteiger partial charge >= 0.3 is 0 Å². The fraction of sp³-hybridized carbons (Fsp3) is 0.700. The molecule has 0 aliphatic rings. The number of aromatic nitrogens is 1. The molecule has 0 fully saturated rings. The van der Waals surface area contributed by atoms with Crippen molar-refractivity contribution in [2.45, 2.75) is 26.2 Å². The number of alkyl halides is 2. The van der Waals surface area contributed by atoms with Gasteiger partial charge in [-0.3, -0.25) is 4.98 Å². The quantitative estimate of drug-likeness (QED) is 0.698. The first-order valence-corrected chi connectivity index (χ1v) is 6.70. The summed E-state index contributed by atoms with van der Waals surface area (Å²) in [6, 6.07) is 0. The van der Waals surface area contributed by atoms with Gasteiger partial charge in [-0.25, -0.2) is 0 Å². The Kier molecular flexibility index (Phi) is 5.21. The van der Waals surface area contributed by atoms with Crippen LogP contribution in [0.15, 0.2) is 11.7 Å². The second-order valence-corrected chi connectivity index (χ2v) is 5.17. The minimum atomic E-state index is 0.0599. The predicted molar refractivity (Wildman–Crippen MR) is 64.6 cm³/mol. The van der Waals surface area contributed by atoms with E-state index < -0.39 is 0 Å². The van der Waals surface area contributed by atoms with Gasteiger partial charge in [-0.1, -0.05) is 13.3 Å². The first-order chi connectivity index (χ1) is 6.76. The number of hydrogen-bond donors (Lipinski definition) is 0. The van der Waals surface area contributed by atoms with Crippen LogP contribution < -0.4 is 0 Å². The Morgan fingerprint density at radius 1 is 1.43 bits per heavy atom. The maximum atomic E-state index is 6.02. The molecule has 0 bridgehead atoms. The van der Waals surface area contributed by atoms with Crippen LogP contribution in [0.1, 0.15) is 24.6 Å². The Bertz CT molecular complexity index is 245. The first kappa shape index (κ1) is 12.3. The van der Waals surface area contributed by atoms with Crippen molar-refractivity contribution in [1.82, 2.24) is 4.98 Å². The topological polar surface area (TPSA) is 12.9 Å². The number of rotatable bonds is 6. The van der Waals surface area contributed by atoms with Crippen LogP contribution in [0.2, 0.25) is 0 Å². The van der Waals surface area contributed by atoms with Crippen LogP contribution in [0, 0.1) is 5.41 Å². The van der Waals surface area contributed by atoms with E-state index >= 15 is 0 Å². The van der Waals surface area contributed by atoms with E-state index in [1.807, 2.05) is 11.7 Å². The summed E-state index contributed by atoms with van der Waals surface area (Å²) in [5.41, 5.74) is 1.92. The summed E-state index contributed by atoms with van der Waals surface area (Å²) in [6.07, 6.45) is 5.07. The van der Waals surface area contributed by atoms with Crippen molar-refractivity contribution in [2.75, 3.05) is 11.8 Å². The van der Waals surface area contributed by atoms with Crippen molar-refractivity contribution in [3.05, 3.63) is 16.6 Å². The third-order valence-corrected chi connectivity index (χ3v) is 4.29. The molecule has 0 saturated heterocycles. The summed E-state index contributed by atoms with van der Waals surface area (Å²) in [5, 5.41) is 0. The molecule has 1 rings (SSSR count). The molecule has 1 aromatic rings. The summed E-state index contributed by atoms with van der Waals surface area (Å²) in [4.78, 5) is 5.34. The zero-order valence-corrected chi connectivity index (χ0v) is 10.6. The van der Waals surface area contributed by atoms with Gasteiger partial charge in [-0.15, -0.1) is 34.5 Å². The highest BCUT2D eigenvalue weighted by Gasteiger charge is 2.28. The zero-order chi connectivity index (χ0) is 10.4. The van der Waals surface area contributed by atoms with E-state index in [4.69, 9.17) is 23.2 Å². The predicted octanol–water partition coefficient (Wildman–Crippen LogP) is 3.95. The molecule has 80 valence electrons. The van der Waals surface area contributed by atoms with Crippen LogP contribution >= 0.6 is 34.5 Å². The smallest absolute Gasteiger partial charge is 0.0794 e. The summed E-state index contributed by atoms with van der Waals surface area (Å²) in [6.45, 7) is 2.17. The van der Waals surface area contributed by atoms with E-state index in [0.717, 1.165) is 19.3 Å². The maximum absolute atomic E-state index is 6.02. The van der Waals surface area contributed by atoms with E-state index in [2.05, 4.69) is 11.9 Å². The van der Waals surface area contributed by atoms with Crippen LogP contribution in [0.25, 0.3) is 0 Å². The Hall–Kier alpha value is 0.210. The Balaban J connectivity index is 2.67. The van der Waals surface area contributed by atoms with Gasteiger partial charge in [0.05, 0.1) is 5.51 Å². The largest absolute Gasteiger partial charge is 0.253 e. The highest BCUT2D eigenvalue weighted by atomic mass is 35.5. The van der Waals surface area contributed by atoms with Gasteiger partial charge in [0, 0.05) is 28.2 Å². The van der Waals surface area contributed by atoms with E-state index in [9.17, 15) is 0 Å². The van der Waals surface area contributed by atoms with Crippen molar-refractivity contribution in [2.24, 2.45) is 5.41 Å². The third kappa shape index (κ3) is 3.11. The molecule has 1 nitrogen and oxygen atoms in total. The van der Waals surface area contributed by atoms with Gasteiger partial charge in [0.1, 0.15) is 0 Å². The second kappa shape index (κ2) is 5.94. The lowest BCUT2D eigenvalue weighted by molar-refractivity contribution is 0.343. The lowest BCUT2D eigenvalue weighted by Gasteiger charge is -2.28. The molecular formula is C10H15Cl2NS. The summed E-state index contributed by atoms with van der Waals surface area (Å²) in [5.74, 6) is 1.25. The first-order valence-electron chi connectivity index (χ1n) is 4.75. The summed E-state index contributed by atoms with van der Waals surface area (Å²) in [7, 11) is 0. The normalized spacial score (nSPS) is 11.9. The van der Waals surface area contributed by atoms with Gasteiger partial charge in [0.25, 0.3) is 0 Å². The third-order valence-electron chi connectivity index (χ3n) is 2.38. The lowest BCUT2D eigenvalue weighted by atomic mass is 9.84. The highest BCUT2D eigenvalue weighted by Crippen LogP contribution is 2.32. The molecule has 0 amide bonds. The minimum absolute atomic E-state index is 0.0599. The van der Waals surface area contributed by atoms with Crippen LogP contribution in [0.4, 0.5) is 0 Å². The number of nitrogens with zero attached hydrogens (tertiary/aromatic N) is 1. The standard InChI is InChI=1S/C10H15Cl2NS/c1-2-3-10(6-11,7-12)4-9-5-13-8-14-9/h5,8H,2-4,6-7H2,1H3. The van der Waals surface area contributed by atoms with Crippen LogP contribution in [0.5, 0.6) is 0 Å². The van der Waals surface area contributed by atoms with Gasteiger partial charge in [-0.05, 0) is 12.8 Å². The molecule has 0 N–H and O–H groups in total. The summed E-state index contributed by atoms with van der Waals surface area (Å²) < 4.78 is 0. The molecule has 14 heavy (non-hydrogen) atoms. The van der Waals surface area contributed by atoms with Gasteiger partial charge in [0.15, 0.2) is 0 Å². The van der Waals surface area contributed by atoms with Crippen molar-refractivity contribution >= 4 is 34.5 Å². The molecular weight excluding hydrogens is 237 g/mol. The molecule has 0 aliphatic heterocycles.